The Morgan fingerprint density at radius 1 is 0.321 bits per heavy atom. The summed E-state index contributed by atoms with van der Waals surface area (Å²) in [7, 11) is 0. The van der Waals surface area contributed by atoms with Crippen LogP contribution in [0.3, 0.4) is 0 Å². The van der Waals surface area contributed by atoms with Crippen molar-refractivity contribution in [3.8, 4) is 61.6 Å². The summed E-state index contributed by atoms with van der Waals surface area (Å²) in [5, 5.41) is 4.56. The second-order valence-electron chi connectivity index (χ2n) is 14.4. The molecule has 0 aliphatic heterocycles. The number of furan rings is 1. The lowest BCUT2D eigenvalue weighted by Crippen LogP contribution is -1.94. The van der Waals surface area contributed by atoms with Crippen LogP contribution in [0.2, 0.25) is 0 Å². The lowest BCUT2D eigenvalue weighted by Gasteiger charge is -2.10. The molecule has 0 saturated carbocycles. The van der Waals surface area contributed by atoms with Crippen LogP contribution in [0.4, 0.5) is 0 Å². The molecule has 11 rings (SSSR count). The molecule has 11 aromatic rings. The third kappa shape index (κ3) is 5.40. The number of para-hydroxylation sites is 1. The van der Waals surface area contributed by atoms with E-state index in [4.69, 9.17) is 9.40 Å². The zero-order valence-corrected chi connectivity index (χ0v) is 30.4. The van der Waals surface area contributed by atoms with Crippen molar-refractivity contribution in [2.24, 2.45) is 0 Å². The average molecular weight is 715 g/mol. The van der Waals surface area contributed by atoms with E-state index >= 15 is 0 Å². The summed E-state index contributed by atoms with van der Waals surface area (Å²) in [6.07, 6.45) is 0. The van der Waals surface area contributed by atoms with Gasteiger partial charge in [0, 0.05) is 32.7 Å². The minimum absolute atomic E-state index is 0.829. The number of aromatic nitrogens is 2. The Kier molecular flexibility index (Phi) is 7.49. The molecule has 0 aliphatic rings. The second kappa shape index (κ2) is 13.1. The number of rotatable bonds is 6. The molecule has 0 aliphatic carbocycles. The highest BCUT2D eigenvalue weighted by atomic mass is 16.3. The summed E-state index contributed by atoms with van der Waals surface area (Å²) in [6.45, 7) is 0. The highest BCUT2D eigenvalue weighted by Gasteiger charge is 2.20. The van der Waals surface area contributed by atoms with Crippen molar-refractivity contribution in [2.75, 3.05) is 0 Å². The Balaban J connectivity index is 1.11. The maximum Gasteiger partial charge on any atom is 0.159 e. The van der Waals surface area contributed by atoms with Gasteiger partial charge in [0.05, 0.1) is 28.1 Å². The van der Waals surface area contributed by atoms with Crippen molar-refractivity contribution >= 4 is 43.7 Å². The van der Waals surface area contributed by atoms with Crippen LogP contribution in [-0.2, 0) is 0 Å². The van der Waals surface area contributed by atoms with E-state index in [1.807, 2.05) is 6.07 Å². The second-order valence-corrected chi connectivity index (χ2v) is 14.4. The topological polar surface area (TPSA) is 31.0 Å². The Hall–Kier alpha value is -7.49. The number of nitrogens with zero attached hydrogens (tertiary/aromatic N) is 2. The molecule has 3 heterocycles. The van der Waals surface area contributed by atoms with Gasteiger partial charge in [0.1, 0.15) is 5.58 Å². The zero-order chi connectivity index (χ0) is 37.0. The first-order valence-corrected chi connectivity index (χ1v) is 19.0. The SMILES string of the molecule is c1ccc(-c2cc(-c3ccccc3)nc(-c3ccc4c(c3)oc3c(-n5c6ccc(-c7ccccc7)cc6c6ccc(-c7ccccc7)cc65)cccc34)c2)cc1. The van der Waals surface area contributed by atoms with Crippen molar-refractivity contribution in [1.82, 2.24) is 9.55 Å². The molecular formula is C53H34N2O. The molecule has 262 valence electrons. The molecule has 0 atom stereocenters. The van der Waals surface area contributed by atoms with Crippen LogP contribution in [0.25, 0.3) is 105 Å². The van der Waals surface area contributed by atoms with Crippen molar-refractivity contribution in [1.29, 1.82) is 0 Å². The van der Waals surface area contributed by atoms with Gasteiger partial charge in [0.25, 0.3) is 0 Å². The first-order chi connectivity index (χ1) is 27.7. The van der Waals surface area contributed by atoms with Gasteiger partial charge in [-0.15, -0.1) is 0 Å². The summed E-state index contributed by atoms with van der Waals surface area (Å²) in [5.41, 5.74) is 15.9. The molecule has 56 heavy (non-hydrogen) atoms. The van der Waals surface area contributed by atoms with Crippen LogP contribution in [0.5, 0.6) is 0 Å². The van der Waals surface area contributed by atoms with E-state index in [-0.39, 0.29) is 0 Å². The minimum Gasteiger partial charge on any atom is -0.454 e. The number of pyridine rings is 1. The summed E-state index contributed by atoms with van der Waals surface area (Å²) in [4.78, 5) is 5.20. The van der Waals surface area contributed by atoms with Crippen LogP contribution in [-0.4, -0.2) is 9.55 Å². The standard InChI is InChI=1S/C53H34N2O/c1-5-14-35(15-6-1)39-26-29-49-46(30-39)43-27-24-40(36-16-7-2-8-17-36)33-51(43)55(49)50-23-13-22-45-44-28-25-41(34-52(44)56-53(45)50)48-32-42(37-18-9-3-10-19-37)31-47(54-48)38-20-11-4-12-21-38/h1-34H. The quantitative estimate of drug-likeness (QED) is 0.172. The Bertz CT molecular complexity index is 3160. The molecule has 3 aromatic heterocycles. The number of hydrogen-bond donors (Lipinski definition) is 0. The fourth-order valence-corrected chi connectivity index (χ4v) is 8.25. The highest BCUT2D eigenvalue weighted by Crippen LogP contribution is 2.41. The van der Waals surface area contributed by atoms with Crippen molar-refractivity contribution in [2.45, 2.75) is 0 Å². The van der Waals surface area contributed by atoms with Crippen molar-refractivity contribution in [3.05, 3.63) is 206 Å². The molecule has 8 aromatic carbocycles. The van der Waals surface area contributed by atoms with Gasteiger partial charge in [-0.2, -0.15) is 0 Å². The van der Waals surface area contributed by atoms with E-state index in [1.54, 1.807) is 0 Å². The van der Waals surface area contributed by atoms with Gasteiger partial charge in [-0.25, -0.2) is 4.98 Å². The fourth-order valence-electron chi connectivity index (χ4n) is 8.25. The van der Waals surface area contributed by atoms with Crippen LogP contribution in [0.15, 0.2) is 211 Å². The van der Waals surface area contributed by atoms with E-state index in [0.717, 1.165) is 72.3 Å². The van der Waals surface area contributed by atoms with E-state index < -0.39 is 0 Å². The van der Waals surface area contributed by atoms with Gasteiger partial charge in [-0.3, -0.25) is 0 Å². The Morgan fingerprint density at radius 3 is 1.55 bits per heavy atom. The monoisotopic (exact) mass is 714 g/mol. The third-order valence-corrected chi connectivity index (χ3v) is 11.0. The summed E-state index contributed by atoms with van der Waals surface area (Å²) >= 11 is 0. The Labute approximate surface area is 324 Å². The minimum atomic E-state index is 0.829. The maximum atomic E-state index is 6.96. The highest BCUT2D eigenvalue weighted by molar-refractivity contribution is 6.14. The summed E-state index contributed by atoms with van der Waals surface area (Å²) < 4.78 is 9.34. The summed E-state index contributed by atoms with van der Waals surface area (Å²) in [6, 6.07) is 73.2. The Morgan fingerprint density at radius 2 is 0.875 bits per heavy atom. The molecule has 0 saturated heterocycles. The van der Waals surface area contributed by atoms with E-state index in [9.17, 15) is 0 Å². The lowest BCUT2D eigenvalue weighted by atomic mass is 9.99. The molecule has 3 heteroatoms. The largest absolute Gasteiger partial charge is 0.454 e. The molecule has 0 radical (unpaired) electrons. The molecule has 0 unspecified atom stereocenters. The van der Waals surface area contributed by atoms with Crippen LogP contribution in [0.1, 0.15) is 0 Å². The van der Waals surface area contributed by atoms with Crippen LogP contribution in [0, 0.1) is 0 Å². The molecule has 0 amide bonds. The van der Waals surface area contributed by atoms with Gasteiger partial charge >= 0.3 is 0 Å². The lowest BCUT2D eigenvalue weighted by molar-refractivity contribution is 0.666. The van der Waals surface area contributed by atoms with Gasteiger partial charge in [-0.05, 0) is 81.9 Å². The van der Waals surface area contributed by atoms with E-state index in [2.05, 4.69) is 205 Å². The third-order valence-electron chi connectivity index (χ3n) is 11.0. The van der Waals surface area contributed by atoms with E-state index in [0.29, 0.717) is 0 Å². The molecule has 3 nitrogen and oxygen atoms in total. The van der Waals surface area contributed by atoms with Crippen molar-refractivity contribution in [3.63, 3.8) is 0 Å². The molecular weight excluding hydrogens is 681 g/mol. The first-order valence-electron chi connectivity index (χ1n) is 19.0. The van der Waals surface area contributed by atoms with E-state index in [1.165, 1.54) is 33.0 Å². The van der Waals surface area contributed by atoms with Crippen LogP contribution < -0.4 is 0 Å². The normalized spacial score (nSPS) is 11.6. The predicted octanol–water partition coefficient (Wildman–Crippen LogP) is 14.4. The number of fused-ring (bicyclic) bond motifs is 6. The van der Waals surface area contributed by atoms with Gasteiger partial charge in [0.15, 0.2) is 5.58 Å². The molecule has 0 spiro atoms. The van der Waals surface area contributed by atoms with Gasteiger partial charge in [-0.1, -0.05) is 158 Å². The van der Waals surface area contributed by atoms with Gasteiger partial charge < -0.3 is 8.98 Å². The molecule has 0 N–H and O–H groups in total. The van der Waals surface area contributed by atoms with Crippen molar-refractivity contribution < 1.29 is 4.42 Å². The molecule has 0 bridgehead atoms. The zero-order valence-electron chi connectivity index (χ0n) is 30.4. The number of hydrogen-bond acceptors (Lipinski definition) is 2. The fraction of sp³-hybridized carbons (Fsp3) is 0. The molecule has 0 fully saturated rings. The first kappa shape index (κ1) is 32.0. The van der Waals surface area contributed by atoms with Gasteiger partial charge in [0.2, 0.25) is 0 Å². The number of benzene rings is 8. The summed E-state index contributed by atoms with van der Waals surface area (Å²) in [5.74, 6) is 0. The smallest absolute Gasteiger partial charge is 0.159 e. The average Bonchev–Trinajstić information content (AvgIpc) is 3.82. The van der Waals surface area contributed by atoms with Crippen LogP contribution >= 0.6 is 0 Å². The predicted molar refractivity (Wildman–Crippen MR) is 233 cm³/mol. The maximum absolute atomic E-state index is 6.96.